The summed E-state index contributed by atoms with van der Waals surface area (Å²) in [6.45, 7) is 1.88. The lowest BCUT2D eigenvalue weighted by molar-refractivity contribution is 0.355. The molecule has 0 atom stereocenters. The quantitative estimate of drug-likeness (QED) is 0.442. The van der Waals surface area contributed by atoms with Crippen molar-refractivity contribution in [3.8, 4) is 11.5 Å². The van der Waals surface area contributed by atoms with Crippen molar-refractivity contribution < 1.29 is 9.47 Å². The number of methoxy groups -OCH3 is 2. The van der Waals surface area contributed by atoms with Crippen molar-refractivity contribution in [1.29, 1.82) is 0 Å². The van der Waals surface area contributed by atoms with E-state index in [1.165, 1.54) is 0 Å². The van der Waals surface area contributed by atoms with Crippen LogP contribution in [0.15, 0.2) is 52.0 Å². The van der Waals surface area contributed by atoms with Gasteiger partial charge in [0.2, 0.25) is 0 Å². The van der Waals surface area contributed by atoms with Gasteiger partial charge in [-0.1, -0.05) is 22.0 Å². The maximum Gasteiger partial charge on any atom is 0.191 e. The fraction of sp³-hybridized carbons (Fsp3) is 0.176. The standard InChI is InChI=1S/C17H18BrN3O2S/c1-11(12-7-8-15(22-2)16(9-12)23-3)20-21-17(24)19-14-6-4-5-13(18)10-14/h4-10H,1-3H3,(H2,19,21,24)/b20-11-. The van der Waals surface area contributed by atoms with Crippen molar-refractivity contribution in [1.82, 2.24) is 5.43 Å². The lowest BCUT2D eigenvalue weighted by Crippen LogP contribution is -2.24. The van der Waals surface area contributed by atoms with E-state index in [0.717, 1.165) is 21.4 Å². The molecule has 0 saturated heterocycles. The molecule has 7 heteroatoms. The van der Waals surface area contributed by atoms with Gasteiger partial charge in [0.25, 0.3) is 0 Å². The molecular formula is C17H18BrN3O2S. The molecule has 24 heavy (non-hydrogen) atoms. The fourth-order valence-electron chi connectivity index (χ4n) is 1.99. The van der Waals surface area contributed by atoms with Crippen molar-refractivity contribution in [3.05, 3.63) is 52.5 Å². The third-order valence-corrected chi connectivity index (χ3v) is 3.90. The normalized spacial score (nSPS) is 10.9. The molecule has 0 aromatic heterocycles. The third-order valence-electron chi connectivity index (χ3n) is 3.21. The molecule has 5 nitrogen and oxygen atoms in total. The van der Waals surface area contributed by atoms with Crippen LogP contribution >= 0.6 is 28.1 Å². The number of benzene rings is 2. The largest absolute Gasteiger partial charge is 0.493 e. The Labute approximate surface area is 155 Å². The highest BCUT2D eigenvalue weighted by atomic mass is 79.9. The maximum absolute atomic E-state index is 5.30. The molecule has 0 aliphatic rings. The zero-order valence-electron chi connectivity index (χ0n) is 13.6. The van der Waals surface area contributed by atoms with E-state index < -0.39 is 0 Å². The van der Waals surface area contributed by atoms with Gasteiger partial charge in [-0.25, -0.2) is 0 Å². The highest BCUT2D eigenvalue weighted by Gasteiger charge is 2.06. The Morgan fingerprint density at radius 3 is 2.50 bits per heavy atom. The van der Waals surface area contributed by atoms with Crippen LogP contribution in [-0.2, 0) is 0 Å². The first-order chi connectivity index (χ1) is 11.5. The van der Waals surface area contributed by atoms with E-state index in [9.17, 15) is 0 Å². The van der Waals surface area contributed by atoms with Crippen LogP contribution in [0.3, 0.4) is 0 Å². The van der Waals surface area contributed by atoms with Crippen molar-refractivity contribution in [2.75, 3.05) is 19.5 Å². The molecule has 2 rings (SSSR count). The molecule has 2 aromatic carbocycles. The number of rotatable bonds is 5. The second-order valence-electron chi connectivity index (χ2n) is 4.84. The zero-order valence-corrected chi connectivity index (χ0v) is 16.0. The first-order valence-electron chi connectivity index (χ1n) is 7.12. The van der Waals surface area contributed by atoms with Gasteiger partial charge >= 0.3 is 0 Å². The average molecular weight is 408 g/mol. The molecule has 0 fully saturated rings. The number of halogens is 1. The van der Waals surface area contributed by atoms with E-state index in [1.54, 1.807) is 14.2 Å². The highest BCUT2D eigenvalue weighted by molar-refractivity contribution is 9.10. The lowest BCUT2D eigenvalue weighted by Gasteiger charge is -2.10. The lowest BCUT2D eigenvalue weighted by atomic mass is 10.1. The highest BCUT2D eigenvalue weighted by Crippen LogP contribution is 2.27. The number of thiocarbonyl (C=S) groups is 1. The van der Waals surface area contributed by atoms with Gasteiger partial charge in [0.1, 0.15) is 0 Å². The second-order valence-corrected chi connectivity index (χ2v) is 6.17. The minimum absolute atomic E-state index is 0.410. The number of anilines is 1. The van der Waals surface area contributed by atoms with Crippen LogP contribution in [-0.4, -0.2) is 25.0 Å². The van der Waals surface area contributed by atoms with Crippen LogP contribution in [0.25, 0.3) is 0 Å². The Bertz CT molecular complexity index is 765. The summed E-state index contributed by atoms with van der Waals surface area (Å²) in [7, 11) is 3.20. The van der Waals surface area contributed by atoms with Crippen molar-refractivity contribution in [2.24, 2.45) is 5.10 Å². The summed E-state index contributed by atoms with van der Waals surface area (Å²) in [5, 5.41) is 7.78. The monoisotopic (exact) mass is 407 g/mol. The molecule has 0 aliphatic carbocycles. The van der Waals surface area contributed by atoms with Gasteiger partial charge in [-0.05, 0) is 55.5 Å². The van der Waals surface area contributed by atoms with E-state index in [1.807, 2.05) is 49.4 Å². The van der Waals surface area contributed by atoms with E-state index >= 15 is 0 Å². The summed E-state index contributed by atoms with van der Waals surface area (Å²) in [5.41, 5.74) is 5.39. The Kier molecular flexibility index (Phi) is 6.57. The van der Waals surface area contributed by atoms with Gasteiger partial charge in [0.15, 0.2) is 16.6 Å². The molecule has 0 unspecified atom stereocenters. The Morgan fingerprint density at radius 1 is 1.08 bits per heavy atom. The SMILES string of the molecule is COc1ccc(/C(C)=N\NC(=S)Nc2cccc(Br)c2)cc1OC. The predicted octanol–water partition coefficient (Wildman–Crippen LogP) is 4.18. The summed E-state index contributed by atoms with van der Waals surface area (Å²) >= 11 is 8.66. The summed E-state index contributed by atoms with van der Waals surface area (Å²) in [6.07, 6.45) is 0. The van der Waals surface area contributed by atoms with Crippen LogP contribution in [0.4, 0.5) is 5.69 Å². The minimum Gasteiger partial charge on any atom is -0.493 e. The molecule has 0 bridgehead atoms. The summed E-state index contributed by atoms with van der Waals surface area (Å²) in [4.78, 5) is 0. The maximum atomic E-state index is 5.30. The van der Waals surface area contributed by atoms with Crippen LogP contribution in [0.2, 0.25) is 0 Å². The van der Waals surface area contributed by atoms with Crippen LogP contribution in [0, 0.1) is 0 Å². The Morgan fingerprint density at radius 2 is 1.83 bits per heavy atom. The summed E-state index contributed by atoms with van der Waals surface area (Å²) in [5.74, 6) is 1.33. The molecule has 126 valence electrons. The van der Waals surface area contributed by atoms with Gasteiger partial charge < -0.3 is 14.8 Å². The van der Waals surface area contributed by atoms with Crippen molar-refractivity contribution >= 4 is 44.7 Å². The molecule has 0 radical (unpaired) electrons. The van der Waals surface area contributed by atoms with E-state index in [4.69, 9.17) is 21.7 Å². The first-order valence-corrected chi connectivity index (χ1v) is 8.33. The molecule has 0 heterocycles. The first kappa shape index (κ1) is 18.2. The number of nitrogens with one attached hydrogen (secondary N) is 2. The smallest absolute Gasteiger partial charge is 0.191 e. The predicted molar refractivity (Wildman–Crippen MR) is 105 cm³/mol. The molecule has 0 spiro atoms. The minimum atomic E-state index is 0.410. The zero-order chi connectivity index (χ0) is 17.5. The Balaban J connectivity index is 2.04. The van der Waals surface area contributed by atoms with Gasteiger partial charge in [-0.2, -0.15) is 5.10 Å². The van der Waals surface area contributed by atoms with Gasteiger partial charge in [-0.3, -0.25) is 5.43 Å². The number of hydrogen-bond donors (Lipinski definition) is 2. The van der Waals surface area contributed by atoms with Crippen LogP contribution in [0.5, 0.6) is 11.5 Å². The van der Waals surface area contributed by atoms with E-state index in [2.05, 4.69) is 31.8 Å². The fourth-order valence-corrected chi connectivity index (χ4v) is 2.55. The molecular weight excluding hydrogens is 390 g/mol. The Hall–Kier alpha value is -2.12. The van der Waals surface area contributed by atoms with Gasteiger partial charge in [0, 0.05) is 15.7 Å². The van der Waals surface area contributed by atoms with Crippen molar-refractivity contribution in [3.63, 3.8) is 0 Å². The van der Waals surface area contributed by atoms with Crippen LogP contribution in [0.1, 0.15) is 12.5 Å². The molecule has 0 aliphatic heterocycles. The number of hydrazone groups is 1. The van der Waals surface area contributed by atoms with E-state index in [0.29, 0.717) is 16.6 Å². The number of ether oxygens (including phenoxy) is 2. The number of hydrogen-bond acceptors (Lipinski definition) is 4. The molecule has 0 amide bonds. The summed E-state index contributed by atoms with van der Waals surface area (Å²) in [6, 6.07) is 13.3. The average Bonchev–Trinajstić information content (AvgIpc) is 2.59. The van der Waals surface area contributed by atoms with Gasteiger partial charge in [0.05, 0.1) is 19.9 Å². The van der Waals surface area contributed by atoms with E-state index in [-0.39, 0.29) is 0 Å². The molecule has 2 aromatic rings. The van der Waals surface area contributed by atoms with Gasteiger partial charge in [-0.15, -0.1) is 0 Å². The molecule has 2 N–H and O–H groups in total. The topological polar surface area (TPSA) is 54.9 Å². The summed E-state index contributed by atoms with van der Waals surface area (Å²) < 4.78 is 11.5. The van der Waals surface area contributed by atoms with Crippen molar-refractivity contribution in [2.45, 2.75) is 6.92 Å². The second kappa shape index (κ2) is 8.65. The third kappa shape index (κ3) is 4.94. The molecule has 0 saturated carbocycles. The number of nitrogens with zero attached hydrogens (tertiary/aromatic N) is 1. The van der Waals surface area contributed by atoms with Crippen LogP contribution < -0.4 is 20.2 Å².